The number of aromatic nitrogens is 2. The molecular weight excluding hydrogens is 342 g/mol. The van der Waals surface area contributed by atoms with Crippen LogP contribution in [0.2, 0.25) is 0 Å². The van der Waals surface area contributed by atoms with Crippen LogP contribution in [-0.4, -0.2) is 45.2 Å². The normalized spacial score (nSPS) is 12.1. The second kappa shape index (κ2) is 6.48. The Balaban J connectivity index is 2.19. The molecule has 1 aromatic heterocycles. The summed E-state index contributed by atoms with van der Waals surface area (Å²) < 4.78 is 53.3. The zero-order valence-corrected chi connectivity index (χ0v) is 14.0. The molecule has 0 spiro atoms. The van der Waals surface area contributed by atoms with Crippen LogP contribution in [0.5, 0.6) is 0 Å². The average molecular weight is 357 g/mol. The van der Waals surface area contributed by atoms with E-state index < -0.39 is 20.2 Å². The number of sulfonamides is 1. The fraction of sp³-hybridized carbons (Fsp3) is 0.167. The first kappa shape index (κ1) is 17.1. The maximum Gasteiger partial charge on any atom is 0.301 e. The Morgan fingerprint density at radius 3 is 2.00 bits per heavy atom. The molecule has 0 aliphatic carbocycles. The van der Waals surface area contributed by atoms with E-state index in [9.17, 15) is 16.8 Å². The van der Waals surface area contributed by atoms with Crippen molar-refractivity contribution in [3.8, 4) is 0 Å². The van der Waals surface area contributed by atoms with Gasteiger partial charge in [-0.1, -0.05) is 0 Å². The van der Waals surface area contributed by atoms with E-state index in [2.05, 4.69) is 19.4 Å². The molecule has 1 aromatic carbocycles. The van der Waals surface area contributed by atoms with Crippen molar-refractivity contribution in [1.29, 1.82) is 0 Å². The van der Waals surface area contributed by atoms with Gasteiger partial charge in [0.1, 0.15) is 0 Å². The minimum absolute atomic E-state index is 0.0437. The molecular formula is C12H15N5O4S2. The lowest BCUT2D eigenvalue weighted by atomic mass is 10.3. The highest BCUT2D eigenvalue weighted by atomic mass is 32.2. The summed E-state index contributed by atoms with van der Waals surface area (Å²) >= 11 is 0. The zero-order valence-electron chi connectivity index (χ0n) is 12.3. The molecule has 0 radical (unpaired) electrons. The van der Waals surface area contributed by atoms with Crippen molar-refractivity contribution < 1.29 is 16.8 Å². The zero-order chi connectivity index (χ0) is 17.1. The molecule has 23 heavy (non-hydrogen) atoms. The first-order valence-electron chi connectivity index (χ1n) is 6.31. The summed E-state index contributed by atoms with van der Waals surface area (Å²) in [6.45, 7) is 0. The average Bonchev–Trinajstić information content (AvgIpc) is 2.48. The van der Waals surface area contributed by atoms with Gasteiger partial charge in [-0.15, -0.1) is 0 Å². The number of nitrogens with zero attached hydrogens (tertiary/aromatic N) is 3. The maximum absolute atomic E-state index is 12.2. The van der Waals surface area contributed by atoms with E-state index in [-0.39, 0.29) is 16.5 Å². The van der Waals surface area contributed by atoms with E-state index in [1.807, 2.05) is 0 Å². The Hall–Kier alpha value is -2.24. The van der Waals surface area contributed by atoms with Crippen molar-refractivity contribution in [2.45, 2.75) is 4.90 Å². The molecule has 11 heteroatoms. The predicted molar refractivity (Wildman–Crippen MR) is 85.5 cm³/mol. The third-order valence-corrected chi connectivity index (χ3v) is 5.48. The van der Waals surface area contributed by atoms with Crippen LogP contribution in [0.1, 0.15) is 0 Å². The van der Waals surface area contributed by atoms with E-state index in [1.165, 1.54) is 50.8 Å². The van der Waals surface area contributed by atoms with Gasteiger partial charge in [0, 0.05) is 32.2 Å². The number of nitrogens with one attached hydrogen (secondary N) is 2. The summed E-state index contributed by atoms with van der Waals surface area (Å²) in [5, 5.41) is 0. The van der Waals surface area contributed by atoms with E-state index in [4.69, 9.17) is 0 Å². The number of hydrogen-bond acceptors (Lipinski definition) is 6. The Labute approximate surface area is 134 Å². The van der Waals surface area contributed by atoms with Crippen LogP contribution in [0.15, 0.2) is 47.6 Å². The molecule has 2 rings (SSSR count). The highest BCUT2D eigenvalue weighted by Gasteiger charge is 2.17. The second-order valence-electron chi connectivity index (χ2n) is 4.59. The van der Waals surface area contributed by atoms with Crippen molar-refractivity contribution >= 4 is 31.9 Å². The first-order chi connectivity index (χ1) is 10.7. The van der Waals surface area contributed by atoms with E-state index >= 15 is 0 Å². The van der Waals surface area contributed by atoms with Crippen molar-refractivity contribution in [3.63, 3.8) is 0 Å². The van der Waals surface area contributed by atoms with Crippen molar-refractivity contribution in [1.82, 2.24) is 14.3 Å². The molecule has 0 bridgehead atoms. The highest BCUT2D eigenvalue weighted by molar-refractivity contribution is 7.92. The summed E-state index contributed by atoms with van der Waals surface area (Å²) in [6.07, 6.45) is 2.81. The maximum atomic E-state index is 12.2. The monoisotopic (exact) mass is 357 g/mol. The number of hydrogen-bond donors (Lipinski definition) is 2. The van der Waals surface area contributed by atoms with E-state index in [1.54, 1.807) is 6.07 Å². The molecule has 1 heterocycles. The van der Waals surface area contributed by atoms with Gasteiger partial charge < -0.3 is 0 Å². The number of anilines is 2. The van der Waals surface area contributed by atoms with Gasteiger partial charge in [0.15, 0.2) is 0 Å². The van der Waals surface area contributed by atoms with Crippen LogP contribution in [-0.2, 0) is 20.2 Å². The van der Waals surface area contributed by atoms with Crippen molar-refractivity contribution in [2.75, 3.05) is 23.5 Å². The summed E-state index contributed by atoms with van der Waals surface area (Å²) in [4.78, 5) is 7.51. The quantitative estimate of drug-likeness (QED) is 0.776. The van der Waals surface area contributed by atoms with Gasteiger partial charge in [-0.3, -0.25) is 4.72 Å². The van der Waals surface area contributed by atoms with Crippen LogP contribution in [0.25, 0.3) is 0 Å². The van der Waals surface area contributed by atoms with Gasteiger partial charge >= 0.3 is 10.2 Å². The number of benzene rings is 1. The molecule has 2 N–H and O–H groups in total. The Morgan fingerprint density at radius 2 is 1.48 bits per heavy atom. The summed E-state index contributed by atoms with van der Waals surface area (Å²) in [5.74, 6) is -0.0510. The summed E-state index contributed by atoms with van der Waals surface area (Å²) in [6, 6.07) is 6.81. The van der Waals surface area contributed by atoms with Gasteiger partial charge in [-0.05, 0) is 30.3 Å². The van der Waals surface area contributed by atoms with Crippen LogP contribution < -0.4 is 9.44 Å². The fourth-order valence-electron chi connectivity index (χ4n) is 1.47. The van der Waals surface area contributed by atoms with Gasteiger partial charge in [-0.25, -0.2) is 23.1 Å². The lowest BCUT2D eigenvalue weighted by Gasteiger charge is -2.13. The predicted octanol–water partition coefficient (Wildman–Crippen LogP) is 0.496. The van der Waals surface area contributed by atoms with Crippen LogP contribution in [0, 0.1) is 0 Å². The fourth-order valence-corrected chi connectivity index (χ4v) is 3.05. The Bertz CT molecular complexity index is 865. The molecule has 0 amide bonds. The molecule has 0 unspecified atom stereocenters. The van der Waals surface area contributed by atoms with Crippen molar-refractivity contribution in [2.24, 2.45) is 0 Å². The van der Waals surface area contributed by atoms with Crippen LogP contribution in [0.4, 0.5) is 11.6 Å². The van der Waals surface area contributed by atoms with E-state index in [0.717, 1.165) is 4.31 Å². The largest absolute Gasteiger partial charge is 0.301 e. The highest BCUT2D eigenvalue weighted by Crippen LogP contribution is 2.17. The molecule has 0 saturated heterocycles. The minimum Gasteiger partial charge on any atom is -0.271 e. The lowest BCUT2D eigenvalue weighted by molar-refractivity contribution is 0.527. The Kier molecular flexibility index (Phi) is 4.82. The molecule has 0 fully saturated rings. The molecule has 0 aliphatic rings. The van der Waals surface area contributed by atoms with Crippen LogP contribution in [0.3, 0.4) is 0 Å². The molecule has 9 nitrogen and oxygen atoms in total. The molecule has 0 saturated carbocycles. The smallest absolute Gasteiger partial charge is 0.271 e. The SMILES string of the molecule is CN(C)S(=O)(=O)Nc1ccc(S(=O)(=O)Nc2ncccn2)cc1. The molecule has 124 valence electrons. The lowest BCUT2D eigenvalue weighted by Crippen LogP contribution is -2.28. The van der Waals surface area contributed by atoms with E-state index in [0.29, 0.717) is 0 Å². The molecule has 0 aliphatic heterocycles. The minimum atomic E-state index is -3.85. The topological polar surface area (TPSA) is 121 Å². The summed E-state index contributed by atoms with van der Waals surface area (Å²) in [5.41, 5.74) is 0.244. The standard InChI is InChI=1S/C12H15N5O4S2/c1-17(2)23(20,21)15-10-4-6-11(7-5-10)22(18,19)16-12-13-8-3-9-14-12/h3-9,15H,1-2H3,(H,13,14,16). The Morgan fingerprint density at radius 1 is 0.913 bits per heavy atom. The second-order valence-corrected chi connectivity index (χ2v) is 8.16. The third-order valence-electron chi connectivity index (χ3n) is 2.68. The molecule has 2 aromatic rings. The van der Waals surface area contributed by atoms with Gasteiger partial charge in [-0.2, -0.15) is 12.7 Å². The van der Waals surface area contributed by atoms with Crippen molar-refractivity contribution in [3.05, 3.63) is 42.7 Å². The third kappa shape index (κ3) is 4.37. The van der Waals surface area contributed by atoms with Crippen LogP contribution >= 0.6 is 0 Å². The van der Waals surface area contributed by atoms with Gasteiger partial charge in [0.05, 0.1) is 4.90 Å². The van der Waals surface area contributed by atoms with Gasteiger partial charge in [0.25, 0.3) is 10.0 Å². The van der Waals surface area contributed by atoms with Gasteiger partial charge in [0.2, 0.25) is 5.95 Å². The number of rotatable bonds is 6. The molecule has 0 atom stereocenters. The first-order valence-corrected chi connectivity index (χ1v) is 9.23. The summed E-state index contributed by atoms with van der Waals surface area (Å²) in [7, 11) is -4.74.